The summed E-state index contributed by atoms with van der Waals surface area (Å²) < 4.78 is 6.60. The summed E-state index contributed by atoms with van der Waals surface area (Å²) in [5, 5.41) is 1.51. The van der Waals surface area contributed by atoms with Gasteiger partial charge in [-0.1, -0.05) is 24.6 Å². The van der Waals surface area contributed by atoms with Crippen molar-refractivity contribution in [3.8, 4) is 0 Å². The predicted octanol–water partition coefficient (Wildman–Crippen LogP) is 3.33. The van der Waals surface area contributed by atoms with Crippen LogP contribution < -0.4 is 5.56 Å². The lowest BCUT2D eigenvalue weighted by Gasteiger charge is -2.17. The predicted molar refractivity (Wildman–Crippen MR) is 96.2 cm³/mol. The molecule has 0 aliphatic heterocycles. The molecule has 128 valence electrons. The third-order valence-electron chi connectivity index (χ3n) is 4.98. The SMILES string of the molecule is COC(=O)CSc1nc2sc3c(c2c(=O)n1C1CCCC1)CCC3. The fraction of sp³-hybridized carbons (Fsp3) is 0.588. The maximum atomic E-state index is 13.3. The van der Waals surface area contributed by atoms with E-state index >= 15 is 0 Å². The molecule has 4 rings (SSSR count). The second kappa shape index (κ2) is 6.52. The molecule has 1 fully saturated rings. The van der Waals surface area contributed by atoms with Gasteiger partial charge in [0.15, 0.2) is 5.16 Å². The molecule has 0 N–H and O–H groups in total. The number of rotatable bonds is 4. The molecule has 0 spiro atoms. The Kier molecular flexibility index (Phi) is 4.39. The topological polar surface area (TPSA) is 61.2 Å². The molecule has 1 saturated carbocycles. The highest BCUT2D eigenvalue weighted by Crippen LogP contribution is 2.37. The third kappa shape index (κ3) is 2.67. The first kappa shape index (κ1) is 16.1. The Balaban J connectivity index is 1.84. The minimum absolute atomic E-state index is 0.0960. The van der Waals surface area contributed by atoms with Gasteiger partial charge in [0.1, 0.15) is 4.83 Å². The maximum Gasteiger partial charge on any atom is 0.316 e. The van der Waals surface area contributed by atoms with Crippen molar-refractivity contribution >= 4 is 39.3 Å². The van der Waals surface area contributed by atoms with Crippen LogP contribution in [0.2, 0.25) is 0 Å². The summed E-state index contributed by atoms with van der Waals surface area (Å²) in [7, 11) is 1.38. The molecule has 0 bridgehead atoms. The molecule has 2 aliphatic carbocycles. The molecule has 7 heteroatoms. The van der Waals surface area contributed by atoms with Crippen molar-refractivity contribution in [2.45, 2.75) is 56.1 Å². The number of hydrogen-bond donors (Lipinski definition) is 0. The number of nitrogens with zero attached hydrogens (tertiary/aromatic N) is 2. The third-order valence-corrected chi connectivity index (χ3v) is 7.09. The first-order chi connectivity index (χ1) is 11.7. The fourth-order valence-electron chi connectivity index (χ4n) is 3.81. The van der Waals surface area contributed by atoms with E-state index in [2.05, 4.69) is 0 Å². The van der Waals surface area contributed by atoms with E-state index in [1.54, 1.807) is 11.3 Å². The summed E-state index contributed by atoms with van der Waals surface area (Å²) in [6.45, 7) is 0. The number of ether oxygens (including phenoxy) is 1. The van der Waals surface area contributed by atoms with E-state index in [4.69, 9.17) is 9.72 Å². The molecular formula is C17H20N2O3S2. The lowest BCUT2D eigenvalue weighted by Crippen LogP contribution is -2.26. The summed E-state index contributed by atoms with van der Waals surface area (Å²) in [6, 6.07) is 0.214. The van der Waals surface area contributed by atoms with E-state index in [-0.39, 0.29) is 23.3 Å². The zero-order valence-corrected chi connectivity index (χ0v) is 15.3. The van der Waals surface area contributed by atoms with Crippen LogP contribution in [-0.4, -0.2) is 28.4 Å². The van der Waals surface area contributed by atoms with E-state index in [1.807, 2.05) is 4.57 Å². The number of esters is 1. The number of fused-ring (bicyclic) bond motifs is 3. The zero-order valence-electron chi connectivity index (χ0n) is 13.7. The number of thioether (sulfide) groups is 1. The van der Waals surface area contributed by atoms with Gasteiger partial charge in [-0.25, -0.2) is 4.98 Å². The molecule has 0 radical (unpaired) electrons. The van der Waals surface area contributed by atoms with Crippen LogP contribution in [-0.2, 0) is 22.4 Å². The van der Waals surface area contributed by atoms with Gasteiger partial charge in [-0.05, 0) is 37.7 Å². The average molecular weight is 364 g/mol. The molecule has 2 aliphatic rings. The molecule has 0 saturated heterocycles. The number of carbonyl (C=O) groups is 1. The molecular weight excluding hydrogens is 344 g/mol. The monoisotopic (exact) mass is 364 g/mol. The van der Waals surface area contributed by atoms with Gasteiger partial charge in [0, 0.05) is 10.9 Å². The smallest absolute Gasteiger partial charge is 0.316 e. The van der Waals surface area contributed by atoms with E-state index in [0.717, 1.165) is 55.2 Å². The Hall–Kier alpha value is -1.34. The highest BCUT2D eigenvalue weighted by molar-refractivity contribution is 7.99. The Morgan fingerprint density at radius 2 is 2.12 bits per heavy atom. The standard InChI is InChI=1S/C17H20N2O3S2/c1-22-13(20)9-23-17-18-15-14(11-7-4-8-12(11)24-15)16(21)19(17)10-5-2-3-6-10/h10H,2-9H2,1H3. The minimum atomic E-state index is -0.291. The molecule has 0 unspecified atom stereocenters. The Morgan fingerprint density at radius 3 is 2.88 bits per heavy atom. The lowest BCUT2D eigenvalue weighted by molar-refractivity contribution is -0.137. The van der Waals surface area contributed by atoms with Crippen LogP contribution in [0.15, 0.2) is 9.95 Å². The van der Waals surface area contributed by atoms with Gasteiger partial charge in [0.05, 0.1) is 18.2 Å². The van der Waals surface area contributed by atoms with E-state index < -0.39 is 0 Å². The van der Waals surface area contributed by atoms with Gasteiger partial charge in [0.25, 0.3) is 5.56 Å². The van der Waals surface area contributed by atoms with Crippen molar-refractivity contribution in [1.82, 2.24) is 9.55 Å². The molecule has 5 nitrogen and oxygen atoms in total. The number of aryl methyl sites for hydroxylation is 2. The summed E-state index contributed by atoms with van der Waals surface area (Å²) in [5.74, 6) is -0.104. The van der Waals surface area contributed by atoms with Crippen LogP contribution in [0.25, 0.3) is 10.2 Å². The molecule has 2 aromatic rings. The molecule has 0 atom stereocenters. The van der Waals surface area contributed by atoms with Gasteiger partial charge in [-0.3, -0.25) is 14.2 Å². The van der Waals surface area contributed by atoms with Crippen LogP contribution in [0.4, 0.5) is 0 Å². The first-order valence-electron chi connectivity index (χ1n) is 8.45. The number of methoxy groups -OCH3 is 1. The summed E-state index contributed by atoms with van der Waals surface area (Å²) >= 11 is 2.97. The molecule has 0 aromatic carbocycles. The van der Waals surface area contributed by atoms with Crippen molar-refractivity contribution < 1.29 is 9.53 Å². The van der Waals surface area contributed by atoms with Crippen molar-refractivity contribution in [2.75, 3.05) is 12.9 Å². The maximum absolute atomic E-state index is 13.3. The van der Waals surface area contributed by atoms with Crippen molar-refractivity contribution in [1.29, 1.82) is 0 Å². The number of aromatic nitrogens is 2. The molecule has 24 heavy (non-hydrogen) atoms. The lowest BCUT2D eigenvalue weighted by atomic mass is 10.2. The van der Waals surface area contributed by atoms with Crippen LogP contribution in [0.1, 0.15) is 48.6 Å². The minimum Gasteiger partial charge on any atom is -0.468 e. The van der Waals surface area contributed by atoms with Gasteiger partial charge in [0.2, 0.25) is 0 Å². The van der Waals surface area contributed by atoms with Crippen LogP contribution >= 0.6 is 23.1 Å². The fourth-order valence-corrected chi connectivity index (χ4v) is 6.01. The second-order valence-corrected chi connectivity index (χ2v) is 8.44. The quantitative estimate of drug-likeness (QED) is 0.473. The summed E-state index contributed by atoms with van der Waals surface area (Å²) in [6.07, 6.45) is 7.53. The van der Waals surface area contributed by atoms with Crippen molar-refractivity contribution in [3.63, 3.8) is 0 Å². The van der Waals surface area contributed by atoms with Crippen LogP contribution in [0, 0.1) is 0 Å². The molecule has 0 amide bonds. The Bertz CT molecular complexity index is 850. The summed E-state index contributed by atoms with van der Waals surface area (Å²) in [4.78, 5) is 31.7. The first-order valence-corrected chi connectivity index (χ1v) is 10.3. The van der Waals surface area contributed by atoms with E-state index in [0.29, 0.717) is 5.16 Å². The van der Waals surface area contributed by atoms with Crippen molar-refractivity contribution in [2.24, 2.45) is 0 Å². The normalized spacial score (nSPS) is 17.5. The van der Waals surface area contributed by atoms with Gasteiger partial charge < -0.3 is 4.74 Å². The van der Waals surface area contributed by atoms with Crippen LogP contribution in [0.3, 0.4) is 0 Å². The largest absolute Gasteiger partial charge is 0.468 e. The van der Waals surface area contributed by atoms with Gasteiger partial charge in [-0.15, -0.1) is 11.3 Å². The zero-order chi connectivity index (χ0) is 16.7. The van der Waals surface area contributed by atoms with Gasteiger partial charge in [-0.2, -0.15) is 0 Å². The average Bonchev–Trinajstić information content (AvgIpc) is 3.28. The highest BCUT2D eigenvalue weighted by atomic mass is 32.2. The summed E-state index contributed by atoms with van der Waals surface area (Å²) in [5.41, 5.74) is 1.32. The van der Waals surface area contributed by atoms with Crippen LogP contribution in [0.5, 0.6) is 0 Å². The van der Waals surface area contributed by atoms with E-state index in [9.17, 15) is 9.59 Å². The van der Waals surface area contributed by atoms with Gasteiger partial charge >= 0.3 is 5.97 Å². The van der Waals surface area contributed by atoms with Crippen molar-refractivity contribution in [3.05, 3.63) is 20.8 Å². The molecule has 2 aromatic heterocycles. The Labute approximate surface area is 148 Å². The number of carbonyl (C=O) groups excluding carboxylic acids is 1. The highest BCUT2D eigenvalue weighted by Gasteiger charge is 2.27. The Morgan fingerprint density at radius 1 is 1.33 bits per heavy atom. The number of thiophene rings is 1. The molecule has 2 heterocycles. The second-order valence-electron chi connectivity index (χ2n) is 6.41. The number of hydrogen-bond acceptors (Lipinski definition) is 6. The van der Waals surface area contributed by atoms with E-state index in [1.165, 1.54) is 29.3 Å².